The first-order valence-corrected chi connectivity index (χ1v) is 8.75. The van der Waals surface area contributed by atoms with Gasteiger partial charge < -0.3 is 15.4 Å². The molecule has 26 heavy (non-hydrogen) atoms. The Bertz CT molecular complexity index is 769. The maximum absolute atomic E-state index is 12.3. The molecule has 138 valence electrons. The largest absolute Gasteiger partial charge is 0.496 e. The Hall–Kier alpha value is -2.82. The van der Waals surface area contributed by atoms with Crippen LogP contribution in [-0.4, -0.2) is 18.9 Å². The van der Waals surface area contributed by atoms with Crippen LogP contribution < -0.4 is 15.4 Å². The summed E-state index contributed by atoms with van der Waals surface area (Å²) in [5.74, 6) is 0.715. The van der Waals surface area contributed by atoms with Crippen LogP contribution in [-0.2, 0) is 16.0 Å². The number of carbonyl (C=O) groups excluding carboxylic acids is 2. The Morgan fingerprint density at radius 3 is 2.38 bits per heavy atom. The molecule has 2 N–H and O–H groups in total. The standard InChI is InChI=1S/C21H26N2O3/c1-5-20(24)23-18-10-8-17(9-11-18)15(3)22-21(25)13-16-7-6-14(2)19(12-16)26-4/h6-12,15H,5,13H2,1-4H3,(H,22,25)(H,23,24). The molecular weight excluding hydrogens is 328 g/mol. The van der Waals surface area contributed by atoms with E-state index in [2.05, 4.69) is 10.6 Å². The smallest absolute Gasteiger partial charge is 0.224 e. The average molecular weight is 354 g/mol. The molecule has 2 rings (SSSR count). The number of ether oxygens (including phenoxy) is 1. The first-order valence-electron chi connectivity index (χ1n) is 8.75. The zero-order valence-corrected chi connectivity index (χ0v) is 15.8. The van der Waals surface area contributed by atoms with E-state index in [1.807, 2.05) is 63.2 Å². The van der Waals surface area contributed by atoms with Gasteiger partial charge in [-0.25, -0.2) is 0 Å². The predicted molar refractivity (Wildman–Crippen MR) is 103 cm³/mol. The molecule has 5 heteroatoms. The minimum absolute atomic E-state index is 0.0207. The van der Waals surface area contributed by atoms with Crippen LogP contribution in [0.5, 0.6) is 5.75 Å². The highest BCUT2D eigenvalue weighted by molar-refractivity contribution is 5.90. The van der Waals surface area contributed by atoms with E-state index in [-0.39, 0.29) is 17.9 Å². The van der Waals surface area contributed by atoms with Gasteiger partial charge >= 0.3 is 0 Å². The lowest BCUT2D eigenvalue weighted by molar-refractivity contribution is -0.121. The fraction of sp³-hybridized carbons (Fsp3) is 0.333. The van der Waals surface area contributed by atoms with Crippen LogP contribution in [0.4, 0.5) is 5.69 Å². The maximum atomic E-state index is 12.3. The molecule has 2 aromatic carbocycles. The number of anilines is 1. The van der Waals surface area contributed by atoms with E-state index in [0.717, 1.165) is 28.1 Å². The Morgan fingerprint density at radius 2 is 1.77 bits per heavy atom. The molecule has 0 saturated carbocycles. The van der Waals surface area contributed by atoms with Crippen LogP contribution in [0.15, 0.2) is 42.5 Å². The van der Waals surface area contributed by atoms with Gasteiger partial charge in [0.15, 0.2) is 0 Å². The summed E-state index contributed by atoms with van der Waals surface area (Å²) in [6.07, 6.45) is 0.740. The van der Waals surface area contributed by atoms with E-state index in [9.17, 15) is 9.59 Å². The van der Waals surface area contributed by atoms with Crippen molar-refractivity contribution in [1.29, 1.82) is 0 Å². The van der Waals surface area contributed by atoms with Crippen molar-refractivity contribution in [2.75, 3.05) is 12.4 Å². The molecular formula is C21H26N2O3. The number of aryl methyl sites for hydroxylation is 1. The van der Waals surface area contributed by atoms with Gasteiger partial charge in [-0.3, -0.25) is 9.59 Å². The third-order valence-electron chi connectivity index (χ3n) is 4.23. The molecule has 0 radical (unpaired) electrons. The van der Waals surface area contributed by atoms with Gasteiger partial charge in [-0.1, -0.05) is 31.2 Å². The first kappa shape index (κ1) is 19.5. The zero-order chi connectivity index (χ0) is 19.1. The van der Waals surface area contributed by atoms with Gasteiger partial charge in [-0.05, 0) is 48.7 Å². The molecule has 1 unspecified atom stereocenters. The number of carbonyl (C=O) groups is 2. The molecule has 0 heterocycles. The van der Waals surface area contributed by atoms with Crippen molar-refractivity contribution in [2.45, 2.75) is 39.7 Å². The second-order valence-corrected chi connectivity index (χ2v) is 6.29. The third-order valence-corrected chi connectivity index (χ3v) is 4.23. The van der Waals surface area contributed by atoms with Crippen molar-refractivity contribution >= 4 is 17.5 Å². The molecule has 0 bridgehead atoms. The average Bonchev–Trinajstić information content (AvgIpc) is 2.63. The second kappa shape index (κ2) is 9.04. The summed E-state index contributed by atoms with van der Waals surface area (Å²) in [5, 5.41) is 5.81. The molecule has 2 amide bonds. The van der Waals surface area contributed by atoms with Crippen LogP contribution in [0.25, 0.3) is 0 Å². The summed E-state index contributed by atoms with van der Waals surface area (Å²) in [4.78, 5) is 23.7. The molecule has 2 aromatic rings. The number of nitrogens with one attached hydrogen (secondary N) is 2. The Balaban J connectivity index is 1.95. The van der Waals surface area contributed by atoms with Crippen molar-refractivity contribution in [3.8, 4) is 5.75 Å². The highest BCUT2D eigenvalue weighted by atomic mass is 16.5. The van der Waals surface area contributed by atoms with E-state index in [1.165, 1.54) is 0 Å². The van der Waals surface area contributed by atoms with Gasteiger partial charge in [0, 0.05) is 12.1 Å². The van der Waals surface area contributed by atoms with Crippen LogP contribution in [0, 0.1) is 6.92 Å². The number of amides is 2. The molecule has 0 aliphatic heterocycles. The van der Waals surface area contributed by atoms with Crippen molar-refractivity contribution < 1.29 is 14.3 Å². The number of hydrogen-bond donors (Lipinski definition) is 2. The highest BCUT2D eigenvalue weighted by Gasteiger charge is 2.11. The summed E-state index contributed by atoms with van der Waals surface area (Å²) in [6.45, 7) is 5.72. The Labute approximate surface area is 154 Å². The molecule has 0 aromatic heterocycles. The second-order valence-electron chi connectivity index (χ2n) is 6.29. The summed E-state index contributed by atoms with van der Waals surface area (Å²) < 4.78 is 5.30. The van der Waals surface area contributed by atoms with E-state index >= 15 is 0 Å². The van der Waals surface area contributed by atoms with Gasteiger partial charge in [0.25, 0.3) is 0 Å². The van der Waals surface area contributed by atoms with Crippen molar-refractivity contribution in [3.63, 3.8) is 0 Å². The van der Waals surface area contributed by atoms with E-state index in [4.69, 9.17) is 4.74 Å². The van der Waals surface area contributed by atoms with Crippen LogP contribution in [0.3, 0.4) is 0 Å². The molecule has 5 nitrogen and oxygen atoms in total. The highest BCUT2D eigenvalue weighted by Crippen LogP contribution is 2.20. The lowest BCUT2D eigenvalue weighted by atomic mass is 10.1. The molecule has 0 saturated heterocycles. The maximum Gasteiger partial charge on any atom is 0.224 e. The lowest BCUT2D eigenvalue weighted by Gasteiger charge is -2.15. The van der Waals surface area contributed by atoms with Gasteiger partial charge in [-0.2, -0.15) is 0 Å². The van der Waals surface area contributed by atoms with Gasteiger partial charge in [0.05, 0.1) is 19.6 Å². The molecule has 1 atom stereocenters. The summed E-state index contributed by atoms with van der Waals surface area (Å²) in [7, 11) is 1.63. The number of methoxy groups -OCH3 is 1. The lowest BCUT2D eigenvalue weighted by Crippen LogP contribution is -2.28. The van der Waals surface area contributed by atoms with Crippen molar-refractivity contribution in [3.05, 3.63) is 59.2 Å². The summed E-state index contributed by atoms with van der Waals surface area (Å²) in [5.41, 5.74) is 3.69. The topological polar surface area (TPSA) is 67.4 Å². The van der Waals surface area contributed by atoms with Crippen LogP contribution >= 0.6 is 0 Å². The predicted octanol–water partition coefficient (Wildman–Crippen LogP) is 3.77. The van der Waals surface area contributed by atoms with Gasteiger partial charge in [-0.15, -0.1) is 0 Å². The Kier molecular flexibility index (Phi) is 6.78. The van der Waals surface area contributed by atoms with Crippen LogP contribution in [0.1, 0.15) is 43.0 Å². The summed E-state index contributed by atoms with van der Waals surface area (Å²) in [6, 6.07) is 13.2. The third kappa shape index (κ3) is 5.34. The minimum atomic E-state index is -0.120. The summed E-state index contributed by atoms with van der Waals surface area (Å²) >= 11 is 0. The fourth-order valence-electron chi connectivity index (χ4n) is 2.64. The normalized spacial score (nSPS) is 11.5. The molecule has 0 fully saturated rings. The minimum Gasteiger partial charge on any atom is -0.496 e. The van der Waals surface area contributed by atoms with E-state index in [0.29, 0.717) is 12.8 Å². The van der Waals surface area contributed by atoms with Crippen molar-refractivity contribution in [1.82, 2.24) is 5.32 Å². The molecule has 0 aliphatic rings. The van der Waals surface area contributed by atoms with Crippen molar-refractivity contribution in [2.24, 2.45) is 0 Å². The first-order chi connectivity index (χ1) is 12.4. The number of benzene rings is 2. The zero-order valence-electron chi connectivity index (χ0n) is 15.8. The fourth-order valence-corrected chi connectivity index (χ4v) is 2.64. The van der Waals surface area contributed by atoms with E-state index < -0.39 is 0 Å². The number of hydrogen-bond acceptors (Lipinski definition) is 3. The molecule has 0 spiro atoms. The van der Waals surface area contributed by atoms with E-state index in [1.54, 1.807) is 7.11 Å². The number of rotatable bonds is 7. The van der Waals surface area contributed by atoms with Gasteiger partial charge in [0.1, 0.15) is 5.75 Å². The molecule has 0 aliphatic carbocycles. The Morgan fingerprint density at radius 1 is 1.08 bits per heavy atom. The quantitative estimate of drug-likeness (QED) is 0.795. The monoisotopic (exact) mass is 354 g/mol. The van der Waals surface area contributed by atoms with Gasteiger partial charge in [0.2, 0.25) is 11.8 Å². The van der Waals surface area contributed by atoms with Crippen LogP contribution in [0.2, 0.25) is 0 Å². The SMILES string of the molecule is CCC(=O)Nc1ccc(C(C)NC(=O)Cc2ccc(C)c(OC)c2)cc1.